The van der Waals surface area contributed by atoms with Gasteiger partial charge in [0.15, 0.2) is 6.10 Å². The van der Waals surface area contributed by atoms with Crippen molar-refractivity contribution in [1.82, 2.24) is 0 Å². The summed E-state index contributed by atoms with van der Waals surface area (Å²) in [5.74, 6) is -1.95. The van der Waals surface area contributed by atoms with E-state index >= 15 is 0 Å². The van der Waals surface area contributed by atoms with E-state index in [0.29, 0.717) is 5.02 Å². The van der Waals surface area contributed by atoms with Gasteiger partial charge in [0.1, 0.15) is 11.3 Å². The molecule has 0 amide bonds. The Labute approximate surface area is 180 Å². The summed E-state index contributed by atoms with van der Waals surface area (Å²) >= 11 is 5.81. The van der Waals surface area contributed by atoms with Crippen molar-refractivity contribution < 1.29 is 31.9 Å². The lowest BCUT2D eigenvalue weighted by atomic mass is 10.0. The Morgan fingerprint density at radius 2 is 1.81 bits per heavy atom. The predicted molar refractivity (Wildman–Crippen MR) is 109 cm³/mol. The Hall–Kier alpha value is -3.00. The second-order valence-electron chi connectivity index (χ2n) is 6.56. The largest absolute Gasteiger partial charge is 0.479 e. The summed E-state index contributed by atoms with van der Waals surface area (Å²) in [5, 5.41) is 0.255. The number of benzene rings is 2. The maximum absolute atomic E-state index is 13.7. The van der Waals surface area contributed by atoms with Crippen LogP contribution in [0, 0.1) is 0 Å². The predicted octanol–water partition coefficient (Wildman–Crippen LogP) is 5.85. The topological polar surface area (TPSA) is 65.7 Å². The van der Waals surface area contributed by atoms with Gasteiger partial charge in [-0.15, -0.1) is 0 Å². The first-order chi connectivity index (χ1) is 14.7. The van der Waals surface area contributed by atoms with Crippen LogP contribution in [0.25, 0.3) is 22.1 Å². The van der Waals surface area contributed by atoms with Crippen LogP contribution in [0.15, 0.2) is 51.7 Å². The van der Waals surface area contributed by atoms with Crippen LogP contribution in [0.4, 0.5) is 13.2 Å². The van der Waals surface area contributed by atoms with Crippen LogP contribution in [0.1, 0.15) is 26.0 Å². The van der Waals surface area contributed by atoms with Crippen molar-refractivity contribution in [1.29, 1.82) is 0 Å². The lowest BCUT2D eigenvalue weighted by Crippen LogP contribution is -2.28. The average molecular weight is 455 g/mol. The van der Waals surface area contributed by atoms with Gasteiger partial charge >= 0.3 is 12.1 Å². The Morgan fingerprint density at radius 3 is 2.39 bits per heavy atom. The van der Waals surface area contributed by atoms with Crippen molar-refractivity contribution in [3.63, 3.8) is 0 Å². The second-order valence-corrected chi connectivity index (χ2v) is 7.00. The van der Waals surface area contributed by atoms with Crippen molar-refractivity contribution in [3.8, 4) is 16.9 Å². The van der Waals surface area contributed by atoms with Gasteiger partial charge in [0.25, 0.3) is 0 Å². The summed E-state index contributed by atoms with van der Waals surface area (Å²) in [5.41, 5.74) is -1.74. The van der Waals surface area contributed by atoms with Gasteiger partial charge in [-0.3, -0.25) is 4.79 Å². The molecule has 1 aromatic heterocycles. The minimum absolute atomic E-state index is 0.0288. The maximum Gasteiger partial charge on any atom is 0.450 e. The number of rotatable bonds is 6. The monoisotopic (exact) mass is 454 g/mol. The van der Waals surface area contributed by atoms with E-state index in [1.165, 1.54) is 36.4 Å². The van der Waals surface area contributed by atoms with E-state index in [1.54, 1.807) is 13.8 Å². The van der Waals surface area contributed by atoms with Gasteiger partial charge in [-0.05, 0) is 43.2 Å². The van der Waals surface area contributed by atoms with Gasteiger partial charge in [0.05, 0.1) is 17.6 Å². The summed E-state index contributed by atoms with van der Waals surface area (Å²) in [6.45, 7) is 3.50. The molecular weight excluding hydrogens is 437 g/mol. The molecule has 3 aromatic rings. The fraction of sp³-hybridized carbons (Fsp3) is 0.273. The number of carbonyl (C=O) groups excluding carboxylic acids is 1. The smallest absolute Gasteiger partial charge is 0.450 e. The molecular formula is C22H18ClF3O5. The number of esters is 1. The molecule has 0 aliphatic heterocycles. The lowest BCUT2D eigenvalue weighted by Gasteiger charge is -2.17. The summed E-state index contributed by atoms with van der Waals surface area (Å²) in [4.78, 5) is 24.9. The van der Waals surface area contributed by atoms with Crippen molar-refractivity contribution in [2.24, 2.45) is 0 Å². The zero-order valence-electron chi connectivity index (χ0n) is 16.6. The van der Waals surface area contributed by atoms with Crippen molar-refractivity contribution in [3.05, 3.63) is 63.5 Å². The number of alkyl halides is 3. The summed E-state index contributed by atoms with van der Waals surface area (Å²) in [7, 11) is 0. The van der Waals surface area contributed by atoms with E-state index in [1.807, 2.05) is 0 Å². The molecule has 31 heavy (non-hydrogen) atoms. The Morgan fingerprint density at radius 1 is 1.13 bits per heavy atom. The molecule has 0 fully saturated rings. The Kier molecular flexibility index (Phi) is 6.59. The molecule has 0 saturated heterocycles. The third kappa shape index (κ3) is 4.85. The third-order valence-corrected chi connectivity index (χ3v) is 4.70. The van der Waals surface area contributed by atoms with Gasteiger partial charge in [0, 0.05) is 11.1 Å². The van der Waals surface area contributed by atoms with Crippen molar-refractivity contribution >= 4 is 28.5 Å². The van der Waals surface area contributed by atoms with E-state index in [0.717, 1.165) is 6.07 Å². The highest BCUT2D eigenvalue weighted by Gasteiger charge is 2.39. The van der Waals surface area contributed by atoms with Crippen molar-refractivity contribution in [2.75, 3.05) is 6.61 Å². The molecule has 1 atom stereocenters. The Balaban J connectivity index is 2.14. The quantitative estimate of drug-likeness (QED) is 0.437. The highest BCUT2D eigenvalue weighted by molar-refractivity contribution is 6.30. The van der Waals surface area contributed by atoms with Crippen LogP contribution in [0.3, 0.4) is 0 Å². The first-order valence-corrected chi connectivity index (χ1v) is 9.80. The molecule has 9 heteroatoms. The van der Waals surface area contributed by atoms with Crippen LogP contribution >= 0.6 is 11.6 Å². The number of ether oxygens (including phenoxy) is 2. The van der Waals surface area contributed by atoms with Crippen LogP contribution < -0.4 is 10.2 Å². The third-order valence-electron chi connectivity index (χ3n) is 4.45. The minimum Gasteiger partial charge on any atom is -0.479 e. The van der Waals surface area contributed by atoms with Gasteiger partial charge < -0.3 is 13.9 Å². The van der Waals surface area contributed by atoms with Crippen LogP contribution in [-0.2, 0) is 15.7 Å². The molecule has 5 nitrogen and oxygen atoms in total. The number of fused-ring (bicyclic) bond motifs is 1. The number of hydrogen-bond donors (Lipinski definition) is 0. The normalized spacial score (nSPS) is 12.6. The molecule has 0 aliphatic rings. The van der Waals surface area contributed by atoms with E-state index in [2.05, 4.69) is 0 Å². The number of halogens is 4. The van der Waals surface area contributed by atoms with Gasteiger partial charge in [-0.2, -0.15) is 13.2 Å². The summed E-state index contributed by atoms with van der Waals surface area (Å²) < 4.78 is 56.8. The highest BCUT2D eigenvalue weighted by atomic mass is 35.5. The van der Waals surface area contributed by atoms with Crippen LogP contribution in [0.2, 0.25) is 5.02 Å². The molecule has 3 rings (SSSR count). The van der Waals surface area contributed by atoms with E-state index in [-0.39, 0.29) is 35.3 Å². The molecule has 1 heterocycles. The summed E-state index contributed by atoms with van der Waals surface area (Å²) in [6, 6.07) is 9.25. The molecule has 164 valence electrons. The minimum atomic E-state index is -4.92. The fourth-order valence-corrected chi connectivity index (χ4v) is 3.15. The average Bonchev–Trinajstić information content (AvgIpc) is 2.72. The lowest BCUT2D eigenvalue weighted by molar-refractivity contribution is -0.152. The Bertz CT molecular complexity index is 1150. The molecule has 1 unspecified atom stereocenters. The van der Waals surface area contributed by atoms with Crippen LogP contribution in [-0.4, -0.2) is 18.7 Å². The summed E-state index contributed by atoms with van der Waals surface area (Å²) in [6.07, 6.45) is -5.58. The molecule has 0 spiro atoms. The standard InChI is InChI=1S/C22H18ClF3O5/c1-3-16(21(28)29-4-2)30-14-9-10-15-17(11-14)31-20(22(24,25)26)18(19(15)27)12-5-7-13(23)8-6-12/h5-11,16H,3-4H2,1-2H3. The zero-order valence-corrected chi connectivity index (χ0v) is 17.3. The van der Waals surface area contributed by atoms with E-state index in [4.69, 9.17) is 25.5 Å². The zero-order chi connectivity index (χ0) is 22.8. The molecule has 0 radical (unpaired) electrons. The van der Waals surface area contributed by atoms with Gasteiger partial charge in [-0.1, -0.05) is 30.7 Å². The van der Waals surface area contributed by atoms with E-state index in [9.17, 15) is 22.8 Å². The van der Waals surface area contributed by atoms with Crippen LogP contribution in [0.5, 0.6) is 5.75 Å². The maximum atomic E-state index is 13.7. The van der Waals surface area contributed by atoms with Crippen molar-refractivity contribution in [2.45, 2.75) is 32.5 Å². The highest BCUT2D eigenvalue weighted by Crippen LogP contribution is 2.38. The SMILES string of the molecule is CCOC(=O)C(CC)Oc1ccc2c(=O)c(-c3ccc(Cl)cc3)c(C(F)(F)F)oc2c1. The van der Waals surface area contributed by atoms with Gasteiger partial charge in [-0.25, -0.2) is 4.79 Å². The van der Waals surface area contributed by atoms with E-state index < -0.39 is 35.0 Å². The number of hydrogen-bond acceptors (Lipinski definition) is 5. The first-order valence-electron chi connectivity index (χ1n) is 9.43. The molecule has 0 aliphatic carbocycles. The molecule has 2 aromatic carbocycles. The molecule has 0 bridgehead atoms. The number of carbonyl (C=O) groups is 1. The van der Waals surface area contributed by atoms with Gasteiger partial charge in [0.2, 0.25) is 11.2 Å². The first kappa shape index (κ1) is 22.7. The second kappa shape index (κ2) is 9.01. The molecule has 0 saturated carbocycles. The molecule has 0 N–H and O–H groups in total. The fourth-order valence-electron chi connectivity index (χ4n) is 3.02.